The summed E-state index contributed by atoms with van der Waals surface area (Å²) in [6.07, 6.45) is 3.53. The Hall–Kier alpha value is -1.69. The number of Topliss-reactive ketones (excluding diaryl/α,β-unsaturated/α-hetero) is 1. The maximum atomic E-state index is 15.8. The van der Waals surface area contributed by atoms with Crippen LogP contribution in [0.3, 0.4) is 0 Å². The number of carbonyl (C=O) groups excluding carboxylic acids is 2. The molecular formula is C54H102O9Si4. The minimum absolute atomic E-state index is 0.00628. The first-order chi connectivity index (χ1) is 31.4. The van der Waals surface area contributed by atoms with E-state index in [1.165, 1.54) is 6.92 Å². The van der Waals surface area contributed by atoms with Crippen molar-refractivity contribution in [1.82, 2.24) is 0 Å². The summed E-state index contributed by atoms with van der Waals surface area (Å²) in [5.41, 5.74) is 2.35. The fraction of sp³-hybridized carbons (Fsp3) is 0.778. The molecule has 0 bridgehead atoms. The van der Waals surface area contributed by atoms with Crippen LogP contribution in [-0.4, -0.2) is 88.8 Å². The molecule has 0 heterocycles. The molecule has 0 saturated carbocycles. The first kappa shape index (κ1) is 63.3. The molecule has 0 N–H and O–H groups in total. The first-order valence-corrected chi connectivity index (χ1v) is 37.4. The Morgan fingerprint density at radius 1 is 0.731 bits per heavy atom. The molecule has 0 aliphatic heterocycles. The molecule has 0 aliphatic carbocycles. The van der Waals surface area contributed by atoms with Gasteiger partial charge in [-0.1, -0.05) is 107 Å². The molecule has 1 rings (SSSR count). The summed E-state index contributed by atoms with van der Waals surface area (Å²) in [4.78, 5) is 27.3. The van der Waals surface area contributed by atoms with Gasteiger partial charge in [0.2, 0.25) is 0 Å². The van der Waals surface area contributed by atoms with E-state index < -0.39 is 57.2 Å². The zero-order valence-electron chi connectivity index (χ0n) is 46.5. The van der Waals surface area contributed by atoms with Gasteiger partial charge in [-0.05, 0) is 149 Å². The van der Waals surface area contributed by atoms with Crippen molar-refractivity contribution in [2.24, 2.45) is 11.8 Å². The van der Waals surface area contributed by atoms with Gasteiger partial charge in [0.1, 0.15) is 11.9 Å². The highest BCUT2D eigenvalue weighted by Crippen LogP contribution is 2.40. The zero-order valence-corrected chi connectivity index (χ0v) is 50.5. The van der Waals surface area contributed by atoms with Crippen molar-refractivity contribution in [2.45, 2.75) is 247 Å². The Labute approximate surface area is 416 Å². The van der Waals surface area contributed by atoms with Gasteiger partial charge in [-0.2, -0.15) is 0 Å². The number of rotatable bonds is 37. The molecule has 0 unspecified atom stereocenters. The van der Waals surface area contributed by atoms with Gasteiger partial charge >= 0.3 is 5.97 Å². The summed E-state index contributed by atoms with van der Waals surface area (Å²) in [5, 5.41) is 0. The van der Waals surface area contributed by atoms with Gasteiger partial charge in [0.25, 0.3) is 0 Å². The lowest BCUT2D eigenvalue weighted by Crippen LogP contribution is -2.53. The lowest BCUT2D eigenvalue weighted by Gasteiger charge is -2.45. The van der Waals surface area contributed by atoms with Crippen molar-refractivity contribution < 1.29 is 41.5 Å². The predicted octanol–water partition coefficient (Wildman–Crippen LogP) is 15.2. The lowest BCUT2D eigenvalue weighted by atomic mass is 9.85. The second-order valence-corrected chi connectivity index (χ2v) is 39.6. The summed E-state index contributed by atoms with van der Waals surface area (Å²) < 4.78 is 47.1. The van der Waals surface area contributed by atoms with Gasteiger partial charge < -0.3 is 31.9 Å². The van der Waals surface area contributed by atoms with Gasteiger partial charge in [-0.25, -0.2) is 0 Å². The topological polar surface area (TPSA) is 98.8 Å². The van der Waals surface area contributed by atoms with Gasteiger partial charge in [0.05, 0.1) is 38.1 Å². The Bertz CT molecular complexity index is 1590. The molecule has 7 atom stereocenters. The number of esters is 1. The van der Waals surface area contributed by atoms with Crippen molar-refractivity contribution in [1.29, 1.82) is 0 Å². The number of benzene rings is 1. The highest BCUT2D eigenvalue weighted by Gasteiger charge is 2.46. The monoisotopic (exact) mass is 1010 g/mol. The second kappa shape index (κ2) is 30.2. The maximum Gasteiger partial charge on any atom is 0.302 e. The third-order valence-corrected chi connectivity index (χ3v) is 30.1. The Morgan fingerprint density at radius 3 is 1.70 bits per heavy atom. The van der Waals surface area contributed by atoms with Gasteiger partial charge in [0.15, 0.2) is 39.1 Å². The smallest absolute Gasteiger partial charge is 0.302 e. The minimum Gasteiger partial charge on any atom is -0.497 e. The number of hydrogen-bond acceptors (Lipinski definition) is 9. The summed E-state index contributed by atoms with van der Waals surface area (Å²) in [6, 6.07) is 16.7. The Morgan fingerprint density at radius 2 is 1.24 bits per heavy atom. The van der Waals surface area contributed by atoms with Crippen molar-refractivity contribution in [2.75, 3.05) is 13.7 Å². The van der Waals surface area contributed by atoms with Crippen LogP contribution in [0.5, 0.6) is 5.75 Å². The van der Waals surface area contributed by atoms with E-state index in [4.69, 9.17) is 31.9 Å². The predicted molar refractivity (Wildman–Crippen MR) is 292 cm³/mol. The van der Waals surface area contributed by atoms with Crippen LogP contribution < -0.4 is 4.74 Å². The fourth-order valence-corrected chi connectivity index (χ4v) is 20.1. The van der Waals surface area contributed by atoms with E-state index in [1.54, 1.807) is 7.11 Å². The molecule has 0 aromatic heterocycles. The van der Waals surface area contributed by atoms with E-state index in [-0.39, 0.29) is 42.7 Å². The molecule has 0 saturated heterocycles. The SMILES string of the molecule is C=C(/C=C(\C)[C@@](C)(C[C@@H](CC(=O)[C@H](OCc1ccc(OC)cc1)[C@@H](O[Si](CC)(CC)CC)[C@H](C)C[C@H](C)O[Si](C)(C)C)O[Si](CC)(CC)CC)O[Si](CC)(CC)CC)C[C@@H](C)CCOC(C)=O. The Balaban J connectivity index is 4.13. The molecule has 9 nitrogen and oxygen atoms in total. The number of methoxy groups -OCH3 is 1. The number of hydrogen-bond donors (Lipinski definition) is 0. The number of carbonyl (C=O) groups is 2. The van der Waals surface area contributed by atoms with Crippen LogP contribution in [0.1, 0.15) is 142 Å². The van der Waals surface area contributed by atoms with Gasteiger partial charge in [-0.3, -0.25) is 9.59 Å². The van der Waals surface area contributed by atoms with Crippen molar-refractivity contribution >= 4 is 45.0 Å². The molecule has 13 heteroatoms. The van der Waals surface area contributed by atoms with Crippen molar-refractivity contribution in [3.63, 3.8) is 0 Å². The van der Waals surface area contributed by atoms with E-state index in [2.05, 4.69) is 129 Å². The van der Waals surface area contributed by atoms with Crippen LogP contribution in [0.15, 0.2) is 48.1 Å². The van der Waals surface area contributed by atoms with E-state index in [0.717, 1.165) is 96.1 Å². The molecule has 0 spiro atoms. The third-order valence-electron chi connectivity index (χ3n) is 14.9. The lowest BCUT2D eigenvalue weighted by molar-refractivity contribution is -0.144. The van der Waals surface area contributed by atoms with E-state index in [9.17, 15) is 4.79 Å². The van der Waals surface area contributed by atoms with Crippen LogP contribution in [-0.2, 0) is 43.4 Å². The average molecular weight is 1010 g/mol. The second-order valence-electron chi connectivity index (χ2n) is 21.0. The molecule has 0 amide bonds. The van der Waals surface area contributed by atoms with Crippen molar-refractivity contribution in [3.05, 3.63) is 53.6 Å². The maximum absolute atomic E-state index is 15.8. The number of allylic oxidation sites excluding steroid dienone is 2. The first-order valence-electron chi connectivity index (χ1n) is 26.4. The molecule has 67 heavy (non-hydrogen) atoms. The number of ketones is 1. The molecule has 1 aromatic carbocycles. The van der Waals surface area contributed by atoms with Crippen LogP contribution in [0, 0.1) is 11.8 Å². The molecule has 0 radical (unpaired) electrons. The summed E-state index contributed by atoms with van der Waals surface area (Å²) in [5.74, 6) is 0.801. The van der Waals surface area contributed by atoms with Crippen LogP contribution in [0.4, 0.5) is 0 Å². The molecular weight excluding hydrogens is 905 g/mol. The largest absolute Gasteiger partial charge is 0.497 e. The standard InChI is InChI=1S/C54H102O9Si4/c1-21-65(22-2,23-3)61-50(40-54(16,63-67(27-7,28-8)29-9)45(13)37-43(11)36-42(10)34-35-58-47(15)55)39-51(56)53(59-41-48-30-32-49(57-17)33-31-48)52(62-66(24-4,25-5)26-6)44(12)38-46(14)60-64(18,19)20/h30-33,37,42,44,46,50,52-53H,11,21-29,34-36,38-41H2,1-10,12-20H3/b45-37+/t42-,44+,46-,50+,52-,53-,54+/m0/s1. The Kier molecular flexibility index (Phi) is 28.6. The quantitative estimate of drug-likeness (QED) is 0.0367. The van der Waals surface area contributed by atoms with Crippen LogP contribution in [0.25, 0.3) is 0 Å². The number of ether oxygens (including phenoxy) is 3. The van der Waals surface area contributed by atoms with Gasteiger partial charge in [0, 0.05) is 25.9 Å². The van der Waals surface area contributed by atoms with E-state index >= 15 is 4.79 Å². The average Bonchev–Trinajstić information content (AvgIpc) is 3.27. The summed E-state index contributed by atoms with van der Waals surface area (Å²) >= 11 is 0. The molecule has 0 fully saturated rings. The minimum atomic E-state index is -2.26. The molecule has 0 aliphatic rings. The van der Waals surface area contributed by atoms with Crippen molar-refractivity contribution in [3.8, 4) is 5.75 Å². The van der Waals surface area contributed by atoms with Gasteiger partial charge in [-0.15, -0.1) is 0 Å². The summed E-state index contributed by atoms with van der Waals surface area (Å²) in [6.45, 7) is 44.7. The zero-order chi connectivity index (χ0) is 51.2. The van der Waals surface area contributed by atoms with Crippen LogP contribution in [0.2, 0.25) is 74.0 Å². The molecule has 388 valence electrons. The highest BCUT2D eigenvalue weighted by molar-refractivity contribution is 6.74. The third kappa shape index (κ3) is 21.3. The normalized spacial score (nSPS) is 16.7. The fourth-order valence-electron chi connectivity index (χ4n) is 9.84. The molecule has 1 aromatic rings. The highest BCUT2D eigenvalue weighted by atomic mass is 28.4. The van der Waals surface area contributed by atoms with E-state index in [0.29, 0.717) is 13.0 Å². The summed E-state index contributed by atoms with van der Waals surface area (Å²) in [7, 11) is -6.90. The van der Waals surface area contributed by atoms with Crippen LogP contribution >= 0.6 is 0 Å². The van der Waals surface area contributed by atoms with E-state index in [1.807, 2.05) is 24.3 Å².